The molecule has 5 nitrogen and oxygen atoms in total. The Morgan fingerprint density at radius 1 is 1.10 bits per heavy atom. The molecule has 0 aromatic heterocycles. The predicted molar refractivity (Wildman–Crippen MR) is 119 cm³/mol. The Kier molecular flexibility index (Phi) is 8.68. The molecule has 2 amide bonds. The zero-order valence-electron chi connectivity index (χ0n) is 17.6. The monoisotopic (exact) mass is 415 g/mol. The van der Waals surface area contributed by atoms with Crippen molar-refractivity contribution < 1.29 is 9.59 Å². The molecule has 0 saturated heterocycles. The van der Waals surface area contributed by atoms with Gasteiger partial charge in [0.05, 0.1) is 13.1 Å². The number of nitrogens with zero attached hydrogens (tertiary/aromatic N) is 2. The molecule has 0 radical (unpaired) electrons. The summed E-state index contributed by atoms with van der Waals surface area (Å²) >= 11 is 6.09. The van der Waals surface area contributed by atoms with Crippen LogP contribution in [0, 0.1) is 6.92 Å². The maximum absolute atomic E-state index is 12.9. The summed E-state index contributed by atoms with van der Waals surface area (Å²) in [5.74, 6) is -0.255. The van der Waals surface area contributed by atoms with Crippen LogP contribution in [0.15, 0.2) is 48.5 Å². The summed E-state index contributed by atoms with van der Waals surface area (Å²) in [5.41, 5.74) is 2.81. The van der Waals surface area contributed by atoms with E-state index >= 15 is 0 Å². The van der Waals surface area contributed by atoms with Crippen molar-refractivity contribution in [3.05, 3.63) is 64.7 Å². The third-order valence-electron chi connectivity index (χ3n) is 4.98. The first-order valence-electron chi connectivity index (χ1n) is 9.90. The maximum Gasteiger partial charge on any atom is 0.244 e. The quantitative estimate of drug-likeness (QED) is 0.655. The number of aryl methyl sites for hydroxylation is 1. The zero-order chi connectivity index (χ0) is 21.4. The highest BCUT2D eigenvalue weighted by Gasteiger charge is 2.21. The second kappa shape index (κ2) is 11.0. The van der Waals surface area contributed by atoms with E-state index < -0.39 is 0 Å². The first-order valence-corrected chi connectivity index (χ1v) is 10.3. The summed E-state index contributed by atoms with van der Waals surface area (Å²) in [6.45, 7) is 6.79. The van der Waals surface area contributed by atoms with Crippen LogP contribution in [-0.2, 0) is 9.59 Å². The van der Waals surface area contributed by atoms with Gasteiger partial charge in [0, 0.05) is 23.3 Å². The van der Waals surface area contributed by atoms with Gasteiger partial charge in [-0.25, -0.2) is 0 Å². The molecule has 2 aromatic rings. The van der Waals surface area contributed by atoms with Gasteiger partial charge in [0.1, 0.15) is 0 Å². The molecule has 156 valence electrons. The lowest BCUT2D eigenvalue weighted by atomic mass is 10.1. The van der Waals surface area contributed by atoms with Crippen molar-refractivity contribution in [1.82, 2.24) is 9.80 Å². The highest BCUT2D eigenvalue weighted by Crippen LogP contribution is 2.22. The van der Waals surface area contributed by atoms with Gasteiger partial charge in [-0.2, -0.15) is 0 Å². The fraction of sp³-hybridized carbons (Fsp3) is 0.391. The molecule has 0 spiro atoms. The average molecular weight is 416 g/mol. The number of anilines is 1. The fourth-order valence-corrected chi connectivity index (χ4v) is 3.31. The van der Waals surface area contributed by atoms with Crippen LogP contribution >= 0.6 is 11.6 Å². The minimum atomic E-state index is -0.188. The first kappa shape index (κ1) is 22.9. The number of likely N-dealkylation sites (N-methyl/N-ethyl adjacent to an activating group) is 1. The number of para-hydroxylation sites is 1. The number of nitrogens with one attached hydrogen (secondary N) is 1. The van der Waals surface area contributed by atoms with Crippen LogP contribution in [-0.4, -0.2) is 48.3 Å². The molecule has 0 fully saturated rings. The topological polar surface area (TPSA) is 52.7 Å². The lowest BCUT2D eigenvalue weighted by Crippen LogP contribution is -2.43. The summed E-state index contributed by atoms with van der Waals surface area (Å²) < 4.78 is 0. The number of carbonyl (C=O) groups is 2. The molecule has 2 aromatic carbocycles. The van der Waals surface area contributed by atoms with Crippen LogP contribution in [0.2, 0.25) is 5.02 Å². The predicted octanol–water partition coefficient (Wildman–Crippen LogP) is 4.52. The van der Waals surface area contributed by atoms with E-state index in [9.17, 15) is 9.59 Å². The van der Waals surface area contributed by atoms with Gasteiger partial charge in [-0.15, -0.1) is 0 Å². The van der Waals surface area contributed by atoms with E-state index in [1.54, 1.807) is 4.90 Å². The largest absolute Gasteiger partial charge is 0.332 e. The molecular weight excluding hydrogens is 386 g/mol. The molecule has 0 aliphatic carbocycles. The minimum absolute atomic E-state index is 0.0296. The normalized spacial score (nSPS) is 11.9. The van der Waals surface area contributed by atoms with E-state index in [1.807, 2.05) is 81.2 Å². The minimum Gasteiger partial charge on any atom is -0.332 e. The van der Waals surface area contributed by atoms with E-state index in [2.05, 4.69) is 5.32 Å². The van der Waals surface area contributed by atoms with E-state index in [4.69, 9.17) is 11.6 Å². The lowest BCUT2D eigenvalue weighted by Gasteiger charge is -2.28. The average Bonchev–Trinajstić information content (AvgIpc) is 2.68. The Labute approximate surface area is 178 Å². The number of amides is 2. The molecule has 6 heteroatoms. The van der Waals surface area contributed by atoms with Gasteiger partial charge in [0.25, 0.3) is 0 Å². The number of hydrogen-bond donors (Lipinski definition) is 1. The van der Waals surface area contributed by atoms with Crippen LogP contribution in [0.5, 0.6) is 0 Å². The summed E-state index contributed by atoms with van der Waals surface area (Å²) in [6.07, 6.45) is 0.789. The van der Waals surface area contributed by atoms with Gasteiger partial charge in [-0.05, 0) is 56.6 Å². The molecule has 0 bridgehead atoms. The van der Waals surface area contributed by atoms with E-state index in [1.165, 1.54) is 0 Å². The van der Waals surface area contributed by atoms with E-state index in [-0.39, 0.29) is 30.9 Å². The van der Waals surface area contributed by atoms with Crippen LogP contribution in [0.25, 0.3) is 0 Å². The van der Waals surface area contributed by atoms with Crippen molar-refractivity contribution in [2.24, 2.45) is 0 Å². The van der Waals surface area contributed by atoms with Gasteiger partial charge in [-0.1, -0.05) is 48.9 Å². The molecule has 1 N–H and O–H groups in total. The number of carbonyl (C=O) groups excluding carboxylic acids is 2. The van der Waals surface area contributed by atoms with Crippen LogP contribution < -0.4 is 5.32 Å². The molecule has 0 heterocycles. The van der Waals surface area contributed by atoms with Crippen molar-refractivity contribution >= 4 is 29.1 Å². The number of rotatable bonds is 9. The van der Waals surface area contributed by atoms with Crippen molar-refractivity contribution in [2.45, 2.75) is 33.2 Å². The summed E-state index contributed by atoms with van der Waals surface area (Å²) in [5, 5.41) is 3.58. The van der Waals surface area contributed by atoms with Crippen LogP contribution in [0.1, 0.15) is 37.4 Å². The van der Waals surface area contributed by atoms with E-state index in [0.29, 0.717) is 11.6 Å². The lowest BCUT2D eigenvalue weighted by molar-refractivity contribution is -0.135. The molecule has 0 saturated carbocycles. The van der Waals surface area contributed by atoms with Gasteiger partial charge in [-0.3, -0.25) is 14.5 Å². The van der Waals surface area contributed by atoms with Crippen molar-refractivity contribution in [2.75, 3.05) is 32.0 Å². The van der Waals surface area contributed by atoms with Gasteiger partial charge in [0.15, 0.2) is 0 Å². The Hall–Kier alpha value is -2.37. The summed E-state index contributed by atoms with van der Waals surface area (Å²) in [6, 6.07) is 15.3. The molecule has 1 atom stereocenters. The van der Waals surface area contributed by atoms with Gasteiger partial charge >= 0.3 is 0 Å². The molecule has 0 aliphatic rings. The molecule has 0 aliphatic heterocycles. The Morgan fingerprint density at radius 3 is 2.48 bits per heavy atom. The number of halogens is 1. The summed E-state index contributed by atoms with van der Waals surface area (Å²) in [7, 11) is 1.90. The van der Waals surface area contributed by atoms with Crippen LogP contribution in [0.3, 0.4) is 0 Å². The highest BCUT2D eigenvalue weighted by molar-refractivity contribution is 6.30. The molecule has 29 heavy (non-hydrogen) atoms. The van der Waals surface area contributed by atoms with Gasteiger partial charge < -0.3 is 10.2 Å². The Balaban J connectivity index is 1.99. The zero-order valence-corrected chi connectivity index (χ0v) is 18.4. The van der Waals surface area contributed by atoms with Gasteiger partial charge in [0.2, 0.25) is 11.8 Å². The second-order valence-electron chi connectivity index (χ2n) is 7.32. The highest BCUT2D eigenvalue weighted by atomic mass is 35.5. The SMILES string of the molecule is CCCN(CC(=O)Nc1ccccc1C)C(=O)CN(C)C(C)c1cccc(Cl)c1. The van der Waals surface area contributed by atoms with E-state index in [0.717, 1.165) is 23.2 Å². The maximum atomic E-state index is 12.9. The number of benzene rings is 2. The number of hydrogen-bond acceptors (Lipinski definition) is 3. The molecular formula is C23H30ClN3O2. The standard InChI is InChI=1S/C23H30ClN3O2/c1-5-13-27(15-22(28)25-21-12-7-6-9-17(21)2)23(29)16-26(4)18(3)19-10-8-11-20(24)14-19/h6-12,14,18H,5,13,15-16H2,1-4H3,(H,25,28). The Morgan fingerprint density at radius 2 is 1.83 bits per heavy atom. The third kappa shape index (κ3) is 6.87. The van der Waals surface area contributed by atoms with Crippen molar-refractivity contribution in [3.8, 4) is 0 Å². The fourth-order valence-electron chi connectivity index (χ4n) is 3.11. The first-order chi connectivity index (χ1) is 13.8. The molecule has 2 rings (SSSR count). The second-order valence-corrected chi connectivity index (χ2v) is 7.76. The summed E-state index contributed by atoms with van der Waals surface area (Å²) in [4.78, 5) is 29.0. The Bertz CT molecular complexity index is 840. The molecule has 1 unspecified atom stereocenters. The third-order valence-corrected chi connectivity index (χ3v) is 5.21. The van der Waals surface area contributed by atoms with Crippen LogP contribution in [0.4, 0.5) is 5.69 Å². The van der Waals surface area contributed by atoms with Crippen molar-refractivity contribution in [1.29, 1.82) is 0 Å². The smallest absolute Gasteiger partial charge is 0.244 e. The van der Waals surface area contributed by atoms with Crippen molar-refractivity contribution in [3.63, 3.8) is 0 Å².